The normalized spacial score (nSPS) is 12.8. The van der Waals surface area contributed by atoms with Crippen molar-refractivity contribution in [3.05, 3.63) is 30.1 Å². The van der Waals surface area contributed by atoms with Gasteiger partial charge in [0.15, 0.2) is 0 Å². The third-order valence-corrected chi connectivity index (χ3v) is 3.29. The van der Waals surface area contributed by atoms with Crippen molar-refractivity contribution in [2.45, 2.75) is 6.42 Å². The molecule has 6 nitrogen and oxygen atoms in total. The Morgan fingerprint density at radius 2 is 2.30 bits per heavy atom. The number of methoxy groups -OCH3 is 1. The Morgan fingerprint density at radius 1 is 1.45 bits per heavy atom. The number of nitrogens with zero attached hydrogens (tertiary/aromatic N) is 3. The molecule has 1 aromatic carbocycles. The van der Waals surface area contributed by atoms with Crippen molar-refractivity contribution < 1.29 is 9.53 Å². The third kappa shape index (κ3) is 1.95. The minimum atomic E-state index is 0.561. The molecule has 2 aromatic rings. The first kappa shape index (κ1) is 12.4. The monoisotopic (exact) mass is 270 g/mol. The van der Waals surface area contributed by atoms with E-state index in [1.54, 1.807) is 18.0 Å². The topological polar surface area (TPSA) is 68.5 Å². The quantitative estimate of drug-likeness (QED) is 0.858. The summed E-state index contributed by atoms with van der Waals surface area (Å²) in [6, 6.07) is 3.88. The van der Waals surface area contributed by atoms with Crippen molar-refractivity contribution >= 4 is 17.9 Å². The highest BCUT2D eigenvalue weighted by molar-refractivity contribution is 6.01. The van der Waals surface area contributed by atoms with Crippen LogP contribution in [0, 0.1) is 0 Å². The zero-order valence-electron chi connectivity index (χ0n) is 11.3. The van der Waals surface area contributed by atoms with E-state index < -0.39 is 0 Å². The number of amidine groups is 1. The van der Waals surface area contributed by atoms with Crippen molar-refractivity contribution in [3.63, 3.8) is 0 Å². The van der Waals surface area contributed by atoms with Crippen molar-refractivity contribution in [2.75, 3.05) is 7.11 Å². The number of benzene rings is 1. The fourth-order valence-corrected chi connectivity index (χ4v) is 2.39. The molecule has 1 aliphatic rings. The summed E-state index contributed by atoms with van der Waals surface area (Å²) in [7, 11) is 3.50. The molecule has 0 fully saturated rings. The van der Waals surface area contributed by atoms with E-state index in [1.807, 2.05) is 25.4 Å². The first-order chi connectivity index (χ1) is 9.72. The lowest BCUT2D eigenvalue weighted by atomic mass is 10.0. The average Bonchev–Trinajstić information content (AvgIpc) is 3.04. The molecular formula is C14H14N4O2. The zero-order valence-corrected chi connectivity index (χ0v) is 11.3. The van der Waals surface area contributed by atoms with Crippen LogP contribution in [0.3, 0.4) is 0 Å². The van der Waals surface area contributed by atoms with Crippen LogP contribution in [0.4, 0.5) is 5.69 Å². The summed E-state index contributed by atoms with van der Waals surface area (Å²) in [4.78, 5) is 15.1. The minimum absolute atomic E-state index is 0.561. The van der Waals surface area contributed by atoms with Crippen LogP contribution in [0.1, 0.15) is 5.56 Å². The molecule has 1 N–H and O–H groups in total. The number of rotatable bonds is 3. The van der Waals surface area contributed by atoms with E-state index >= 15 is 0 Å². The number of aromatic nitrogens is 2. The number of aliphatic imine (C=N–C) groups is 1. The maximum absolute atomic E-state index is 10.6. The predicted molar refractivity (Wildman–Crippen MR) is 75.2 cm³/mol. The van der Waals surface area contributed by atoms with Gasteiger partial charge in [0.05, 0.1) is 19.0 Å². The van der Waals surface area contributed by atoms with Gasteiger partial charge in [-0.05, 0) is 12.1 Å². The van der Waals surface area contributed by atoms with Crippen LogP contribution >= 0.6 is 0 Å². The average molecular weight is 270 g/mol. The van der Waals surface area contributed by atoms with E-state index in [9.17, 15) is 4.79 Å². The van der Waals surface area contributed by atoms with Gasteiger partial charge in [-0.15, -0.1) is 0 Å². The van der Waals surface area contributed by atoms with E-state index in [0.717, 1.165) is 28.1 Å². The smallest absolute Gasteiger partial charge is 0.212 e. The van der Waals surface area contributed by atoms with Crippen molar-refractivity contribution in [1.29, 1.82) is 0 Å². The first-order valence-electron chi connectivity index (χ1n) is 6.19. The zero-order chi connectivity index (χ0) is 14.1. The second kappa shape index (κ2) is 4.80. The van der Waals surface area contributed by atoms with Gasteiger partial charge in [-0.3, -0.25) is 9.48 Å². The molecule has 6 heteroatoms. The number of carbonyl (C=O) groups is 1. The van der Waals surface area contributed by atoms with Gasteiger partial charge in [0, 0.05) is 36.4 Å². The highest BCUT2D eigenvalue weighted by Gasteiger charge is 2.22. The lowest BCUT2D eigenvalue weighted by Gasteiger charge is -2.09. The van der Waals surface area contributed by atoms with Gasteiger partial charge in [-0.1, -0.05) is 0 Å². The number of nitrogens with one attached hydrogen (secondary N) is 1. The molecule has 3 rings (SSSR count). The molecule has 0 spiro atoms. The number of aryl methyl sites for hydroxylation is 1. The number of hydrogen-bond donors (Lipinski definition) is 1. The summed E-state index contributed by atoms with van der Waals surface area (Å²) < 4.78 is 7.11. The molecule has 0 unspecified atom stereocenters. The summed E-state index contributed by atoms with van der Waals surface area (Å²) >= 11 is 0. The van der Waals surface area contributed by atoms with E-state index in [-0.39, 0.29) is 0 Å². The van der Waals surface area contributed by atoms with Gasteiger partial charge in [0.2, 0.25) is 6.41 Å². The highest BCUT2D eigenvalue weighted by atomic mass is 16.5. The third-order valence-electron chi connectivity index (χ3n) is 3.29. The maximum atomic E-state index is 10.6. The second-order valence-corrected chi connectivity index (χ2v) is 4.54. The molecule has 0 radical (unpaired) electrons. The Hall–Kier alpha value is -2.63. The fraction of sp³-hybridized carbons (Fsp3) is 0.214. The predicted octanol–water partition coefficient (Wildman–Crippen LogP) is 1.43. The summed E-state index contributed by atoms with van der Waals surface area (Å²) in [6.45, 7) is 0. The number of ether oxygens (including phenoxy) is 1. The van der Waals surface area contributed by atoms with Crippen LogP contribution in [0.15, 0.2) is 29.5 Å². The summed E-state index contributed by atoms with van der Waals surface area (Å²) in [5, 5.41) is 6.80. The lowest BCUT2D eigenvalue weighted by Crippen LogP contribution is -2.21. The molecule has 0 saturated heterocycles. The van der Waals surface area contributed by atoms with E-state index in [4.69, 9.17) is 4.74 Å². The molecule has 0 saturated carbocycles. The molecule has 20 heavy (non-hydrogen) atoms. The van der Waals surface area contributed by atoms with E-state index in [0.29, 0.717) is 18.7 Å². The summed E-state index contributed by atoms with van der Waals surface area (Å²) in [5.74, 6) is 1.41. The SMILES string of the molecule is COc1ccc(-c2cnn(C)c2)c2c1CC(NC=O)=N2. The van der Waals surface area contributed by atoms with Crippen LogP contribution in [0.25, 0.3) is 11.1 Å². The Balaban J connectivity index is 2.13. The van der Waals surface area contributed by atoms with Crippen LogP contribution in [0.5, 0.6) is 5.75 Å². The maximum Gasteiger partial charge on any atom is 0.212 e. The van der Waals surface area contributed by atoms with Crippen molar-refractivity contribution in [3.8, 4) is 16.9 Å². The molecular weight excluding hydrogens is 256 g/mol. The second-order valence-electron chi connectivity index (χ2n) is 4.54. The van der Waals surface area contributed by atoms with Gasteiger partial charge in [-0.25, -0.2) is 4.99 Å². The Kier molecular flexibility index (Phi) is 2.98. The van der Waals surface area contributed by atoms with Gasteiger partial charge in [0.25, 0.3) is 0 Å². The van der Waals surface area contributed by atoms with Crippen LogP contribution in [0.2, 0.25) is 0 Å². The number of fused-ring (bicyclic) bond motifs is 1. The molecule has 0 atom stereocenters. The van der Waals surface area contributed by atoms with E-state index in [2.05, 4.69) is 15.4 Å². The molecule has 1 aliphatic heterocycles. The lowest BCUT2D eigenvalue weighted by molar-refractivity contribution is -0.108. The standard InChI is InChI=1S/C14H14N4O2/c1-18-7-9(6-16-18)10-3-4-12(20-2)11-5-13(15-8-19)17-14(10)11/h3-4,6-8H,5H2,1-2H3,(H,15,17,19). The Bertz CT molecular complexity index is 703. The van der Waals surface area contributed by atoms with Crippen LogP contribution in [-0.2, 0) is 18.3 Å². The molecule has 102 valence electrons. The van der Waals surface area contributed by atoms with Gasteiger partial charge < -0.3 is 10.1 Å². The highest BCUT2D eigenvalue weighted by Crippen LogP contribution is 2.41. The fourth-order valence-electron chi connectivity index (χ4n) is 2.39. The molecule has 1 amide bonds. The van der Waals surface area contributed by atoms with E-state index in [1.165, 1.54) is 0 Å². The number of hydrogen-bond acceptors (Lipinski definition) is 4. The molecule has 0 aliphatic carbocycles. The molecule has 1 aromatic heterocycles. The largest absolute Gasteiger partial charge is 0.496 e. The first-order valence-corrected chi connectivity index (χ1v) is 6.19. The van der Waals surface area contributed by atoms with Gasteiger partial charge >= 0.3 is 0 Å². The van der Waals surface area contributed by atoms with Gasteiger partial charge in [-0.2, -0.15) is 5.10 Å². The molecule has 0 bridgehead atoms. The number of carbonyl (C=O) groups excluding carboxylic acids is 1. The summed E-state index contributed by atoms with van der Waals surface area (Å²) in [5.41, 5.74) is 3.79. The molecule has 2 heterocycles. The minimum Gasteiger partial charge on any atom is -0.496 e. The van der Waals surface area contributed by atoms with Crippen LogP contribution < -0.4 is 10.1 Å². The number of amides is 1. The van der Waals surface area contributed by atoms with Crippen molar-refractivity contribution in [2.24, 2.45) is 12.0 Å². The van der Waals surface area contributed by atoms with Crippen molar-refractivity contribution in [1.82, 2.24) is 15.1 Å². The van der Waals surface area contributed by atoms with Crippen LogP contribution in [-0.4, -0.2) is 29.1 Å². The Morgan fingerprint density at radius 3 is 2.95 bits per heavy atom. The summed E-state index contributed by atoms with van der Waals surface area (Å²) in [6.07, 6.45) is 4.93. The van der Waals surface area contributed by atoms with Gasteiger partial charge in [0.1, 0.15) is 11.6 Å². The Labute approximate surface area is 116 Å².